The number of thiazole rings is 1. The van der Waals surface area contributed by atoms with Crippen molar-refractivity contribution in [1.82, 2.24) is 9.88 Å². The summed E-state index contributed by atoms with van der Waals surface area (Å²) in [5.41, 5.74) is 3.18. The number of rotatable bonds is 2. The van der Waals surface area contributed by atoms with Crippen LogP contribution in [0.1, 0.15) is 23.1 Å². The minimum atomic E-state index is -0.0428. The Morgan fingerprint density at radius 3 is 3.00 bits per heavy atom. The van der Waals surface area contributed by atoms with Crippen LogP contribution in [0.3, 0.4) is 0 Å². The number of aryl methyl sites for hydroxylation is 1. The number of carbonyl (C=O) groups excluding carboxylic acids is 1. The van der Waals surface area contributed by atoms with Gasteiger partial charge in [-0.1, -0.05) is 29.8 Å². The fourth-order valence-electron chi connectivity index (χ4n) is 3.16. The molecule has 26 heavy (non-hydrogen) atoms. The Kier molecular flexibility index (Phi) is 4.47. The van der Waals surface area contributed by atoms with Crippen LogP contribution < -0.4 is 4.74 Å². The number of aromatic nitrogens is 1. The van der Waals surface area contributed by atoms with Crippen molar-refractivity contribution < 1.29 is 9.53 Å². The van der Waals surface area contributed by atoms with E-state index in [1.807, 2.05) is 55.1 Å². The molecule has 0 aliphatic carbocycles. The van der Waals surface area contributed by atoms with Crippen molar-refractivity contribution in [2.24, 2.45) is 0 Å². The van der Waals surface area contributed by atoms with Crippen molar-refractivity contribution >= 4 is 33.5 Å². The molecule has 0 bridgehead atoms. The maximum absolute atomic E-state index is 12.7. The summed E-state index contributed by atoms with van der Waals surface area (Å²) in [4.78, 5) is 19.1. The molecule has 132 valence electrons. The zero-order valence-corrected chi connectivity index (χ0v) is 15.6. The van der Waals surface area contributed by atoms with Crippen molar-refractivity contribution in [3.63, 3.8) is 0 Å². The van der Waals surface area contributed by atoms with E-state index in [-0.39, 0.29) is 12.0 Å². The molecule has 4 rings (SSSR count). The molecule has 5 heteroatoms. The van der Waals surface area contributed by atoms with Crippen LogP contribution in [0.25, 0.3) is 16.3 Å². The zero-order valence-electron chi connectivity index (χ0n) is 14.8. The highest BCUT2D eigenvalue weighted by molar-refractivity contribution is 7.19. The molecule has 1 unspecified atom stereocenters. The third kappa shape index (κ3) is 3.48. The predicted molar refractivity (Wildman–Crippen MR) is 105 cm³/mol. The van der Waals surface area contributed by atoms with Crippen molar-refractivity contribution in [3.8, 4) is 5.75 Å². The Hall–Kier alpha value is -2.66. The number of hydrogen-bond donors (Lipinski definition) is 0. The number of nitrogens with zero attached hydrogens (tertiary/aromatic N) is 2. The first-order valence-electron chi connectivity index (χ1n) is 8.67. The molecule has 4 nitrogen and oxygen atoms in total. The summed E-state index contributed by atoms with van der Waals surface area (Å²) in [6, 6.07) is 14.1. The zero-order chi connectivity index (χ0) is 18.1. The number of ether oxygens (including phenoxy) is 1. The second-order valence-electron chi connectivity index (χ2n) is 6.61. The van der Waals surface area contributed by atoms with E-state index in [2.05, 4.69) is 11.1 Å². The van der Waals surface area contributed by atoms with Crippen LogP contribution in [0.4, 0.5) is 0 Å². The standard InChI is InChI=1S/C21H20N2O2S/c1-14-7-8-18-16(11-14)13-23(12-15(2)25-18)21(24)10-9-20-22-17-5-3-4-6-19(17)26-20/h3-11,15H,12-13H2,1-2H3/b10-9+. The number of amides is 1. The average Bonchev–Trinajstić information content (AvgIpc) is 2.96. The van der Waals surface area contributed by atoms with Crippen molar-refractivity contribution in [3.05, 3.63) is 64.7 Å². The molecular formula is C21H20N2O2S. The maximum Gasteiger partial charge on any atom is 0.247 e. The fourth-order valence-corrected chi connectivity index (χ4v) is 4.03. The van der Waals surface area contributed by atoms with Gasteiger partial charge in [0.2, 0.25) is 5.91 Å². The molecule has 0 fully saturated rings. The molecule has 0 saturated heterocycles. The van der Waals surface area contributed by atoms with E-state index in [0.717, 1.165) is 26.5 Å². The molecule has 2 aromatic carbocycles. The monoisotopic (exact) mass is 364 g/mol. The highest BCUT2D eigenvalue weighted by Crippen LogP contribution is 2.27. The molecule has 0 N–H and O–H groups in total. The van der Waals surface area contributed by atoms with Crippen LogP contribution in [0.5, 0.6) is 5.75 Å². The second kappa shape index (κ2) is 6.92. The smallest absolute Gasteiger partial charge is 0.247 e. The van der Waals surface area contributed by atoms with Crippen molar-refractivity contribution in [1.29, 1.82) is 0 Å². The van der Waals surface area contributed by atoms with Gasteiger partial charge >= 0.3 is 0 Å². The van der Waals surface area contributed by atoms with E-state index in [9.17, 15) is 4.79 Å². The summed E-state index contributed by atoms with van der Waals surface area (Å²) >= 11 is 1.59. The summed E-state index contributed by atoms with van der Waals surface area (Å²) in [6.45, 7) is 5.17. The van der Waals surface area contributed by atoms with Crippen LogP contribution in [0.2, 0.25) is 0 Å². The second-order valence-corrected chi connectivity index (χ2v) is 7.67. The topological polar surface area (TPSA) is 42.4 Å². The van der Waals surface area contributed by atoms with Crippen LogP contribution in [0.15, 0.2) is 48.5 Å². The lowest BCUT2D eigenvalue weighted by Crippen LogP contribution is -2.34. The molecule has 0 spiro atoms. The van der Waals surface area contributed by atoms with Crippen LogP contribution in [0, 0.1) is 6.92 Å². The summed E-state index contributed by atoms with van der Waals surface area (Å²) in [5.74, 6) is 0.850. The summed E-state index contributed by atoms with van der Waals surface area (Å²) in [7, 11) is 0. The van der Waals surface area contributed by atoms with E-state index in [0.29, 0.717) is 13.1 Å². The quantitative estimate of drug-likeness (QED) is 0.632. The minimum Gasteiger partial charge on any atom is -0.489 e. The van der Waals surface area contributed by atoms with Gasteiger partial charge in [0, 0.05) is 18.2 Å². The highest BCUT2D eigenvalue weighted by Gasteiger charge is 2.22. The first-order chi connectivity index (χ1) is 12.6. The van der Waals surface area contributed by atoms with E-state index in [1.165, 1.54) is 5.56 Å². The van der Waals surface area contributed by atoms with Gasteiger partial charge in [-0.2, -0.15) is 0 Å². The third-order valence-corrected chi connectivity index (χ3v) is 5.38. The van der Waals surface area contributed by atoms with Crippen LogP contribution >= 0.6 is 11.3 Å². The van der Waals surface area contributed by atoms with Gasteiger partial charge < -0.3 is 9.64 Å². The van der Waals surface area contributed by atoms with Gasteiger partial charge in [0.25, 0.3) is 0 Å². The molecule has 0 saturated carbocycles. The number of hydrogen-bond acceptors (Lipinski definition) is 4. The normalized spacial score (nSPS) is 17.2. The molecule has 1 amide bonds. The van der Waals surface area contributed by atoms with Gasteiger partial charge in [0.15, 0.2) is 0 Å². The lowest BCUT2D eigenvalue weighted by atomic mass is 10.1. The third-order valence-electron chi connectivity index (χ3n) is 4.37. The van der Waals surface area contributed by atoms with Crippen molar-refractivity contribution in [2.45, 2.75) is 26.5 Å². The summed E-state index contributed by atoms with van der Waals surface area (Å²) in [6.07, 6.45) is 3.38. The summed E-state index contributed by atoms with van der Waals surface area (Å²) in [5, 5.41) is 0.843. The molecule has 3 aromatic rings. The van der Waals surface area contributed by atoms with Gasteiger partial charge in [0.05, 0.1) is 16.8 Å². The molecule has 0 radical (unpaired) electrons. The largest absolute Gasteiger partial charge is 0.489 e. The Balaban J connectivity index is 1.55. The molecule has 1 aromatic heterocycles. The SMILES string of the molecule is Cc1ccc2c(c1)CN(C(=O)/C=C/c1nc3ccccc3s1)CC(C)O2. The minimum absolute atomic E-state index is 0.0194. The van der Waals surface area contributed by atoms with E-state index < -0.39 is 0 Å². The fraction of sp³-hybridized carbons (Fsp3) is 0.238. The van der Waals surface area contributed by atoms with Crippen molar-refractivity contribution in [2.75, 3.05) is 6.54 Å². The van der Waals surface area contributed by atoms with Crippen LogP contribution in [-0.2, 0) is 11.3 Å². The Labute approximate surface area is 156 Å². The molecule has 2 heterocycles. The van der Waals surface area contributed by atoms with Crippen LogP contribution in [-0.4, -0.2) is 28.4 Å². The Morgan fingerprint density at radius 2 is 2.15 bits per heavy atom. The van der Waals surface area contributed by atoms with Gasteiger partial charge in [-0.05, 0) is 38.1 Å². The van der Waals surface area contributed by atoms with E-state index in [1.54, 1.807) is 23.5 Å². The predicted octanol–water partition coefficient (Wildman–Crippen LogP) is 4.43. The Morgan fingerprint density at radius 1 is 1.31 bits per heavy atom. The number of benzene rings is 2. The van der Waals surface area contributed by atoms with E-state index in [4.69, 9.17) is 4.74 Å². The molecule has 1 aliphatic heterocycles. The molecular weight excluding hydrogens is 344 g/mol. The summed E-state index contributed by atoms with van der Waals surface area (Å²) < 4.78 is 7.09. The average molecular weight is 364 g/mol. The molecule has 1 atom stereocenters. The van der Waals surface area contributed by atoms with Gasteiger partial charge in [-0.3, -0.25) is 4.79 Å². The maximum atomic E-state index is 12.7. The Bertz CT molecular complexity index is 960. The lowest BCUT2D eigenvalue weighted by molar-refractivity contribution is -0.127. The number of carbonyl (C=O) groups is 1. The van der Waals surface area contributed by atoms with Gasteiger partial charge in [0.1, 0.15) is 16.9 Å². The first kappa shape index (κ1) is 16.8. The highest BCUT2D eigenvalue weighted by atomic mass is 32.1. The first-order valence-corrected chi connectivity index (χ1v) is 9.49. The van der Waals surface area contributed by atoms with E-state index >= 15 is 0 Å². The molecule has 1 aliphatic rings. The number of para-hydroxylation sites is 1. The van der Waals surface area contributed by atoms with Gasteiger partial charge in [-0.25, -0.2) is 4.98 Å². The number of fused-ring (bicyclic) bond motifs is 2. The van der Waals surface area contributed by atoms with Gasteiger partial charge in [-0.15, -0.1) is 11.3 Å². The lowest BCUT2D eigenvalue weighted by Gasteiger charge is -2.20.